The van der Waals surface area contributed by atoms with Crippen molar-refractivity contribution in [3.05, 3.63) is 83.0 Å². The fraction of sp³-hybridized carbons (Fsp3) is 0.182. The van der Waals surface area contributed by atoms with Crippen molar-refractivity contribution >= 4 is 15.9 Å². The third kappa shape index (κ3) is 5.22. The first-order valence-corrected chi connectivity index (χ1v) is 10.8. The van der Waals surface area contributed by atoms with Gasteiger partial charge in [0, 0.05) is 24.4 Å². The minimum atomic E-state index is -3.53. The van der Waals surface area contributed by atoms with Gasteiger partial charge in [0.2, 0.25) is 15.9 Å². The summed E-state index contributed by atoms with van der Waals surface area (Å²) in [5.74, 6) is 0.923. The molecular weight excluding hydrogens is 402 g/mol. The fourth-order valence-electron chi connectivity index (χ4n) is 2.69. The summed E-state index contributed by atoms with van der Waals surface area (Å²) in [6.07, 6.45) is 1.64. The van der Waals surface area contributed by atoms with Crippen LogP contribution < -0.4 is 14.8 Å². The summed E-state index contributed by atoms with van der Waals surface area (Å²) in [5.41, 5.74) is 3.30. The van der Waals surface area contributed by atoms with Gasteiger partial charge in [-0.2, -0.15) is 0 Å². The van der Waals surface area contributed by atoms with Crippen LogP contribution in [0.15, 0.2) is 65.7 Å². The summed E-state index contributed by atoms with van der Waals surface area (Å²) in [6.45, 7) is 4.25. The number of amides is 1. The van der Waals surface area contributed by atoms with E-state index in [1.165, 1.54) is 31.3 Å². The summed E-state index contributed by atoms with van der Waals surface area (Å²) in [6, 6.07) is 15.3. The maximum absolute atomic E-state index is 12.3. The predicted octanol–water partition coefficient (Wildman–Crippen LogP) is 3.33. The number of sulfonamides is 1. The van der Waals surface area contributed by atoms with Gasteiger partial charge >= 0.3 is 0 Å². The lowest BCUT2D eigenvalue weighted by Crippen LogP contribution is -2.23. The molecule has 30 heavy (non-hydrogen) atoms. The first kappa shape index (κ1) is 21.5. The molecule has 2 aromatic carbocycles. The van der Waals surface area contributed by atoms with Gasteiger partial charge in [0.15, 0.2) is 0 Å². The Morgan fingerprint density at radius 3 is 2.40 bits per heavy atom. The third-order valence-corrected chi connectivity index (χ3v) is 5.93. The molecule has 0 fully saturated rings. The molecule has 8 heteroatoms. The second-order valence-corrected chi connectivity index (χ2v) is 8.68. The average Bonchev–Trinajstić information content (AvgIpc) is 2.75. The van der Waals surface area contributed by atoms with E-state index in [-0.39, 0.29) is 17.3 Å². The van der Waals surface area contributed by atoms with E-state index in [4.69, 9.17) is 4.74 Å². The molecule has 1 amide bonds. The van der Waals surface area contributed by atoms with Gasteiger partial charge in [-0.05, 0) is 67.9 Å². The van der Waals surface area contributed by atoms with Crippen LogP contribution in [-0.4, -0.2) is 26.4 Å². The number of nitrogens with one attached hydrogen (secondary N) is 2. The molecule has 3 aromatic rings. The highest BCUT2D eigenvalue weighted by molar-refractivity contribution is 7.89. The maximum atomic E-state index is 12.3. The van der Waals surface area contributed by atoms with Gasteiger partial charge in [0.25, 0.3) is 5.91 Å². The first-order valence-electron chi connectivity index (χ1n) is 9.30. The van der Waals surface area contributed by atoms with Gasteiger partial charge in [-0.3, -0.25) is 4.79 Å². The number of carbonyl (C=O) groups excluding carboxylic acids is 1. The van der Waals surface area contributed by atoms with Gasteiger partial charge in [-0.25, -0.2) is 18.1 Å². The lowest BCUT2D eigenvalue weighted by Gasteiger charge is -2.10. The number of carbonyl (C=O) groups is 1. The Hall–Kier alpha value is -3.23. The summed E-state index contributed by atoms with van der Waals surface area (Å²) < 4.78 is 31.6. The molecule has 156 valence electrons. The van der Waals surface area contributed by atoms with Gasteiger partial charge in [0.1, 0.15) is 5.75 Å². The molecule has 0 spiro atoms. The van der Waals surface area contributed by atoms with Crippen LogP contribution in [-0.2, 0) is 16.6 Å². The molecule has 2 N–H and O–H groups in total. The molecular formula is C22H23N3O4S. The lowest BCUT2D eigenvalue weighted by atomic mass is 10.1. The number of aromatic nitrogens is 1. The quantitative estimate of drug-likeness (QED) is 0.605. The molecule has 1 aromatic heterocycles. The largest absolute Gasteiger partial charge is 0.439 e. The van der Waals surface area contributed by atoms with Crippen molar-refractivity contribution in [2.75, 3.05) is 7.05 Å². The molecule has 7 nitrogen and oxygen atoms in total. The lowest BCUT2D eigenvalue weighted by molar-refractivity contribution is 0.0951. The van der Waals surface area contributed by atoms with E-state index in [2.05, 4.69) is 15.0 Å². The first-order chi connectivity index (χ1) is 14.3. The number of pyridine rings is 1. The zero-order valence-corrected chi connectivity index (χ0v) is 17.8. The molecule has 0 saturated carbocycles. The van der Waals surface area contributed by atoms with Crippen LogP contribution >= 0.6 is 0 Å². The van der Waals surface area contributed by atoms with E-state index in [0.717, 1.165) is 22.4 Å². The molecule has 3 rings (SSSR count). The predicted molar refractivity (Wildman–Crippen MR) is 114 cm³/mol. The van der Waals surface area contributed by atoms with Crippen molar-refractivity contribution < 1.29 is 17.9 Å². The van der Waals surface area contributed by atoms with Crippen LogP contribution in [0.5, 0.6) is 11.6 Å². The highest BCUT2D eigenvalue weighted by atomic mass is 32.2. The van der Waals surface area contributed by atoms with Crippen molar-refractivity contribution in [3.63, 3.8) is 0 Å². The van der Waals surface area contributed by atoms with Crippen molar-refractivity contribution in [1.82, 2.24) is 15.0 Å². The van der Waals surface area contributed by atoms with Gasteiger partial charge in [-0.1, -0.05) is 18.2 Å². The third-order valence-electron chi connectivity index (χ3n) is 4.50. The highest BCUT2D eigenvalue weighted by Crippen LogP contribution is 2.24. The molecule has 0 aliphatic rings. The zero-order valence-electron chi connectivity index (χ0n) is 17.0. The van der Waals surface area contributed by atoms with E-state index < -0.39 is 10.0 Å². The maximum Gasteiger partial charge on any atom is 0.251 e. The molecule has 0 atom stereocenters. The van der Waals surface area contributed by atoms with E-state index in [9.17, 15) is 13.2 Å². The van der Waals surface area contributed by atoms with E-state index in [1.54, 1.807) is 12.3 Å². The second-order valence-electron chi connectivity index (χ2n) is 6.79. The molecule has 1 heterocycles. The highest BCUT2D eigenvalue weighted by Gasteiger charge is 2.12. The number of ether oxygens (including phenoxy) is 1. The summed E-state index contributed by atoms with van der Waals surface area (Å²) >= 11 is 0. The van der Waals surface area contributed by atoms with Crippen LogP contribution in [0.2, 0.25) is 0 Å². The standard InChI is InChI=1S/C22H23N3O4S/c1-15-4-5-16(2)20(12-15)29-21-11-6-17(13-24-21)14-25-22(26)18-7-9-19(10-8-18)30(27,28)23-3/h4-13,23H,14H2,1-3H3,(H,25,26). The van der Waals surface area contributed by atoms with Crippen LogP contribution in [0.25, 0.3) is 0 Å². The Kier molecular flexibility index (Phi) is 6.49. The number of aryl methyl sites for hydroxylation is 2. The Morgan fingerprint density at radius 1 is 1.03 bits per heavy atom. The normalized spacial score (nSPS) is 11.2. The number of benzene rings is 2. The van der Waals surface area contributed by atoms with Gasteiger partial charge in [-0.15, -0.1) is 0 Å². The Labute approximate surface area is 176 Å². The zero-order chi connectivity index (χ0) is 21.7. The molecule has 0 radical (unpaired) electrons. The molecule has 0 unspecified atom stereocenters. The van der Waals surface area contributed by atoms with Gasteiger partial charge in [0.05, 0.1) is 4.90 Å². The van der Waals surface area contributed by atoms with Crippen LogP contribution in [0.3, 0.4) is 0 Å². The molecule has 0 saturated heterocycles. The second kappa shape index (κ2) is 9.06. The fourth-order valence-corrected chi connectivity index (χ4v) is 3.42. The van der Waals surface area contributed by atoms with Crippen molar-refractivity contribution in [2.24, 2.45) is 0 Å². The minimum absolute atomic E-state index is 0.102. The van der Waals surface area contributed by atoms with E-state index in [1.807, 2.05) is 38.1 Å². The number of rotatable bonds is 7. The van der Waals surface area contributed by atoms with Crippen molar-refractivity contribution in [1.29, 1.82) is 0 Å². The summed E-state index contributed by atoms with van der Waals surface area (Å²) in [4.78, 5) is 16.7. The monoisotopic (exact) mass is 425 g/mol. The smallest absolute Gasteiger partial charge is 0.251 e. The average molecular weight is 426 g/mol. The summed E-state index contributed by atoms with van der Waals surface area (Å²) in [7, 11) is -2.19. The van der Waals surface area contributed by atoms with E-state index in [0.29, 0.717) is 11.4 Å². The Morgan fingerprint density at radius 2 is 1.77 bits per heavy atom. The minimum Gasteiger partial charge on any atom is -0.439 e. The number of nitrogens with zero attached hydrogens (tertiary/aromatic N) is 1. The SMILES string of the molecule is CNS(=O)(=O)c1ccc(C(=O)NCc2ccc(Oc3cc(C)ccc3C)nc2)cc1. The van der Waals surface area contributed by atoms with E-state index >= 15 is 0 Å². The molecule has 0 bridgehead atoms. The van der Waals surface area contributed by atoms with Crippen LogP contribution in [0.4, 0.5) is 0 Å². The topological polar surface area (TPSA) is 97.4 Å². The van der Waals surface area contributed by atoms with Gasteiger partial charge < -0.3 is 10.1 Å². The van der Waals surface area contributed by atoms with Crippen LogP contribution in [0.1, 0.15) is 27.0 Å². The molecule has 0 aliphatic heterocycles. The number of hydrogen-bond acceptors (Lipinski definition) is 5. The molecule has 0 aliphatic carbocycles. The van der Waals surface area contributed by atoms with Crippen molar-refractivity contribution in [3.8, 4) is 11.6 Å². The van der Waals surface area contributed by atoms with Crippen LogP contribution in [0, 0.1) is 13.8 Å². The number of hydrogen-bond donors (Lipinski definition) is 2. The Balaban J connectivity index is 1.59. The summed E-state index contributed by atoms with van der Waals surface area (Å²) in [5, 5.41) is 2.79. The van der Waals surface area contributed by atoms with Crippen molar-refractivity contribution in [2.45, 2.75) is 25.3 Å². The Bertz CT molecular complexity index is 1140.